The number of rotatable bonds is 6. The molecule has 7 heteroatoms. The number of aryl methyl sites for hydroxylation is 1. The zero-order chi connectivity index (χ0) is 16.1. The van der Waals surface area contributed by atoms with Gasteiger partial charge in [0.1, 0.15) is 5.69 Å². The molecule has 0 radical (unpaired) electrons. The van der Waals surface area contributed by atoms with E-state index in [2.05, 4.69) is 32.5 Å². The van der Waals surface area contributed by atoms with Crippen molar-refractivity contribution in [3.63, 3.8) is 0 Å². The Balaban J connectivity index is 1.63. The molecule has 7 nitrogen and oxygen atoms in total. The van der Waals surface area contributed by atoms with E-state index in [-0.39, 0.29) is 5.91 Å². The average Bonchev–Trinajstić information content (AvgIpc) is 3.25. The molecule has 0 aliphatic carbocycles. The van der Waals surface area contributed by atoms with Crippen LogP contribution < -0.4 is 5.32 Å². The Bertz CT molecular complexity index is 777. The van der Waals surface area contributed by atoms with Gasteiger partial charge in [-0.25, -0.2) is 9.67 Å². The van der Waals surface area contributed by atoms with Gasteiger partial charge in [0.05, 0.1) is 0 Å². The highest BCUT2D eigenvalue weighted by Crippen LogP contribution is 2.07. The second-order valence-corrected chi connectivity index (χ2v) is 5.18. The molecule has 3 rings (SSSR count). The van der Waals surface area contributed by atoms with Crippen molar-refractivity contribution in [3.8, 4) is 5.82 Å². The topological polar surface area (TPSA) is 88.5 Å². The van der Waals surface area contributed by atoms with Gasteiger partial charge in [-0.05, 0) is 36.2 Å². The molecule has 0 atom stereocenters. The third kappa shape index (κ3) is 3.63. The van der Waals surface area contributed by atoms with Crippen LogP contribution in [-0.4, -0.2) is 30.9 Å². The molecule has 0 aliphatic rings. The van der Waals surface area contributed by atoms with Crippen LogP contribution in [0.25, 0.3) is 5.82 Å². The molecule has 23 heavy (non-hydrogen) atoms. The summed E-state index contributed by atoms with van der Waals surface area (Å²) in [4.78, 5) is 16.4. The maximum atomic E-state index is 12.1. The molecule has 3 heterocycles. The summed E-state index contributed by atoms with van der Waals surface area (Å²) in [7, 11) is 0. The Morgan fingerprint density at radius 1 is 1.35 bits per heavy atom. The predicted molar refractivity (Wildman–Crippen MR) is 85.1 cm³/mol. The number of amides is 1. The van der Waals surface area contributed by atoms with Gasteiger partial charge in [-0.1, -0.05) is 13.3 Å². The van der Waals surface area contributed by atoms with E-state index < -0.39 is 0 Å². The molecule has 0 saturated heterocycles. The molecule has 3 aromatic heterocycles. The largest absolute Gasteiger partial charge is 0.347 e. The van der Waals surface area contributed by atoms with E-state index in [0.717, 1.165) is 24.1 Å². The highest BCUT2D eigenvalue weighted by molar-refractivity contribution is 5.92. The minimum absolute atomic E-state index is 0.193. The van der Waals surface area contributed by atoms with Crippen LogP contribution in [0.1, 0.15) is 35.1 Å². The van der Waals surface area contributed by atoms with Crippen molar-refractivity contribution >= 4 is 5.91 Å². The molecule has 0 aromatic carbocycles. The number of carbonyl (C=O) groups is 1. The summed E-state index contributed by atoms with van der Waals surface area (Å²) in [6, 6.07) is 7.38. The second kappa shape index (κ2) is 6.87. The molecule has 1 amide bonds. The third-order valence-electron chi connectivity index (χ3n) is 3.38. The standard InChI is InChI=1S/C16H18N6O/c1-2-4-13-10-14(21-20-13)16(23)18-11-12-5-7-17-15(9-12)22-8-3-6-19-22/h3,5-10H,2,4,11H2,1H3,(H,18,23)(H,20,21). The molecule has 0 spiro atoms. The number of aromatic nitrogens is 5. The molecule has 0 saturated carbocycles. The van der Waals surface area contributed by atoms with Crippen molar-refractivity contribution in [3.05, 3.63) is 59.8 Å². The van der Waals surface area contributed by atoms with Crippen molar-refractivity contribution in [2.24, 2.45) is 0 Å². The van der Waals surface area contributed by atoms with E-state index in [1.165, 1.54) is 0 Å². The monoisotopic (exact) mass is 310 g/mol. The lowest BCUT2D eigenvalue weighted by Gasteiger charge is -2.05. The molecule has 0 bridgehead atoms. The van der Waals surface area contributed by atoms with Crippen molar-refractivity contribution in [2.45, 2.75) is 26.3 Å². The molecular formula is C16H18N6O. The maximum absolute atomic E-state index is 12.1. The first kappa shape index (κ1) is 15.0. The number of nitrogens with zero attached hydrogens (tertiary/aromatic N) is 4. The van der Waals surface area contributed by atoms with Crippen LogP contribution in [-0.2, 0) is 13.0 Å². The van der Waals surface area contributed by atoms with Crippen LogP contribution in [0.5, 0.6) is 0 Å². The van der Waals surface area contributed by atoms with Gasteiger partial charge < -0.3 is 5.32 Å². The van der Waals surface area contributed by atoms with E-state index >= 15 is 0 Å². The second-order valence-electron chi connectivity index (χ2n) is 5.18. The minimum Gasteiger partial charge on any atom is -0.347 e. The predicted octanol–water partition coefficient (Wildman–Crippen LogP) is 1.87. The maximum Gasteiger partial charge on any atom is 0.272 e. The van der Waals surface area contributed by atoms with E-state index in [1.807, 2.05) is 24.4 Å². The molecule has 118 valence electrons. The smallest absolute Gasteiger partial charge is 0.272 e. The van der Waals surface area contributed by atoms with Gasteiger partial charge in [-0.3, -0.25) is 9.89 Å². The normalized spacial score (nSPS) is 10.7. The minimum atomic E-state index is -0.193. The van der Waals surface area contributed by atoms with Crippen molar-refractivity contribution in [1.29, 1.82) is 0 Å². The fraction of sp³-hybridized carbons (Fsp3) is 0.250. The third-order valence-corrected chi connectivity index (χ3v) is 3.38. The first-order valence-electron chi connectivity index (χ1n) is 7.53. The molecule has 0 fully saturated rings. The Labute approximate surface area is 133 Å². The van der Waals surface area contributed by atoms with Crippen LogP contribution in [0.3, 0.4) is 0 Å². The number of hydrogen-bond donors (Lipinski definition) is 2. The Kier molecular flexibility index (Phi) is 4.46. The average molecular weight is 310 g/mol. The molecular weight excluding hydrogens is 292 g/mol. The first-order chi connectivity index (χ1) is 11.3. The number of hydrogen-bond acceptors (Lipinski definition) is 4. The van der Waals surface area contributed by atoms with Gasteiger partial charge in [0.2, 0.25) is 0 Å². The number of H-pyrrole nitrogens is 1. The Morgan fingerprint density at radius 2 is 2.26 bits per heavy atom. The number of pyridine rings is 1. The van der Waals surface area contributed by atoms with E-state index in [0.29, 0.717) is 18.1 Å². The zero-order valence-electron chi connectivity index (χ0n) is 12.9. The SMILES string of the molecule is CCCc1cc(C(=O)NCc2ccnc(-n3cccn3)c2)n[nH]1. The van der Waals surface area contributed by atoms with Gasteiger partial charge in [0, 0.05) is 30.8 Å². The summed E-state index contributed by atoms with van der Waals surface area (Å²) in [5, 5.41) is 13.9. The Morgan fingerprint density at radius 3 is 3.04 bits per heavy atom. The first-order valence-corrected chi connectivity index (χ1v) is 7.53. The number of nitrogens with one attached hydrogen (secondary N) is 2. The molecule has 0 aliphatic heterocycles. The van der Waals surface area contributed by atoms with Crippen LogP contribution >= 0.6 is 0 Å². The summed E-state index contributed by atoms with van der Waals surface area (Å²) in [6.07, 6.45) is 7.12. The van der Waals surface area contributed by atoms with Crippen molar-refractivity contribution in [2.75, 3.05) is 0 Å². The van der Waals surface area contributed by atoms with Crippen LogP contribution in [0.15, 0.2) is 42.9 Å². The molecule has 3 aromatic rings. The van der Waals surface area contributed by atoms with Gasteiger partial charge in [0.25, 0.3) is 5.91 Å². The van der Waals surface area contributed by atoms with E-state index in [9.17, 15) is 4.79 Å². The summed E-state index contributed by atoms with van der Waals surface area (Å²) in [5.74, 6) is 0.521. The summed E-state index contributed by atoms with van der Waals surface area (Å²) < 4.78 is 1.68. The van der Waals surface area contributed by atoms with E-state index in [1.54, 1.807) is 23.1 Å². The van der Waals surface area contributed by atoms with Gasteiger partial charge in [0.15, 0.2) is 5.82 Å². The van der Waals surface area contributed by atoms with Gasteiger partial charge in [-0.15, -0.1) is 0 Å². The molecule has 0 unspecified atom stereocenters. The highest BCUT2D eigenvalue weighted by atomic mass is 16.1. The van der Waals surface area contributed by atoms with Gasteiger partial charge >= 0.3 is 0 Å². The fourth-order valence-corrected chi connectivity index (χ4v) is 2.25. The number of carbonyl (C=O) groups excluding carboxylic acids is 1. The van der Waals surface area contributed by atoms with Crippen molar-refractivity contribution < 1.29 is 4.79 Å². The molecule has 2 N–H and O–H groups in total. The fourth-order valence-electron chi connectivity index (χ4n) is 2.25. The quantitative estimate of drug-likeness (QED) is 0.727. The van der Waals surface area contributed by atoms with Gasteiger partial charge in [-0.2, -0.15) is 10.2 Å². The zero-order valence-corrected chi connectivity index (χ0v) is 12.9. The summed E-state index contributed by atoms with van der Waals surface area (Å²) in [6.45, 7) is 2.49. The summed E-state index contributed by atoms with van der Waals surface area (Å²) in [5.41, 5.74) is 2.33. The summed E-state index contributed by atoms with van der Waals surface area (Å²) >= 11 is 0. The van der Waals surface area contributed by atoms with E-state index in [4.69, 9.17) is 0 Å². The lowest BCUT2D eigenvalue weighted by atomic mass is 10.2. The van der Waals surface area contributed by atoms with Crippen LogP contribution in [0.2, 0.25) is 0 Å². The van der Waals surface area contributed by atoms with Crippen molar-refractivity contribution in [1.82, 2.24) is 30.3 Å². The van der Waals surface area contributed by atoms with Crippen LogP contribution in [0.4, 0.5) is 0 Å². The highest BCUT2D eigenvalue weighted by Gasteiger charge is 2.10. The lowest BCUT2D eigenvalue weighted by Crippen LogP contribution is -2.23. The Hall–Kier alpha value is -2.96. The number of aromatic amines is 1. The lowest BCUT2D eigenvalue weighted by molar-refractivity contribution is 0.0946. The van der Waals surface area contributed by atoms with Crippen LogP contribution in [0, 0.1) is 0 Å².